The molecule has 0 spiro atoms. The zero-order valence-corrected chi connectivity index (χ0v) is 10.5. The first-order valence-corrected chi connectivity index (χ1v) is 5.49. The maximum absolute atomic E-state index is 5.18. The second kappa shape index (κ2) is 5.49. The molecule has 4 heteroatoms. The molecule has 0 radical (unpaired) electrons. The van der Waals surface area contributed by atoms with Crippen molar-refractivity contribution in [3.05, 3.63) is 28.7 Å². The van der Waals surface area contributed by atoms with Gasteiger partial charge in [0.25, 0.3) is 0 Å². The maximum Gasteiger partial charge on any atom is 0.191 e. The third-order valence-electron chi connectivity index (χ3n) is 2.23. The number of aromatic nitrogens is 1. The monoisotopic (exact) mass is 222 g/mol. The topological polar surface area (TPSA) is 47.6 Å². The van der Waals surface area contributed by atoms with Gasteiger partial charge in [-0.3, -0.25) is 0 Å². The van der Waals surface area contributed by atoms with Gasteiger partial charge in [0.05, 0.1) is 5.69 Å². The van der Waals surface area contributed by atoms with E-state index in [1.165, 1.54) is 0 Å². The summed E-state index contributed by atoms with van der Waals surface area (Å²) in [6, 6.07) is 0. The van der Waals surface area contributed by atoms with E-state index >= 15 is 0 Å². The summed E-state index contributed by atoms with van der Waals surface area (Å²) < 4.78 is 5.18. The Hall–Kier alpha value is -1.58. The van der Waals surface area contributed by atoms with Crippen molar-refractivity contribution in [2.24, 2.45) is 5.16 Å². The average molecular weight is 222 g/mol. The van der Waals surface area contributed by atoms with E-state index in [0.29, 0.717) is 18.1 Å². The van der Waals surface area contributed by atoms with E-state index in [0.717, 1.165) is 16.8 Å². The predicted molar refractivity (Wildman–Crippen MR) is 63.6 cm³/mol. The Bertz CT molecular complexity index is 417. The van der Waals surface area contributed by atoms with Gasteiger partial charge in [-0.2, -0.15) is 0 Å². The van der Waals surface area contributed by atoms with Gasteiger partial charge in [-0.25, -0.2) is 0 Å². The van der Waals surface area contributed by atoms with Crippen LogP contribution in [0.3, 0.4) is 0 Å². The summed E-state index contributed by atoms with van der Waals surface area (Å²) in [5.74, 6) is 0.696. The highest BCUT2D eigenvalue weighted by atomic mass is 16.6. The Morgan fingerprint density at radius 2 is 1.88 bits per heavy atom. The Kier molecular flexibility index (Phi) is 4.28. The second-order valence-electron chi connectivity index (χ2n) is 3.46. The van der Waals surface area contributed by atoms with Crippen LogP contribution in [0.15, 0.2) is 21.3 Å². The number of hydrogen-bond donors (Lipinski definition) is 0. The minimum absolute atomic E-state index is 0.551. The van der Waals surface area contributed by atoms with Crippen LogP contribution in [0.5, 0.6) is 0 Å². The van der Waals surface area contributed by atoms with Crippen molar-refractivity contribution < 1.29 is 9.36 Å². The van der Waals surface area contributed by atoms with Crippen molar-refractivity contribution in [3.63, 3.8) is 0 Å². The highest BCUT2D eigenvalue weighted by Crippen LogP contribution is 2.16. The molecule has 0 aromatic carbocycles. The molecule has 1 aliphatic rings. The van der Waals surface area contributed by atoms with Crippen molar-refractivity contribution in [1.29, 1.82) is 0 Å². The Morgan fingerprint density at radius 1 is 1.19 bits per heavy atom. The van der Waals surface area contributed by atoms with Crippen molar-refractivity contribution in [2.75, 3.05) is 6.61 Å². The van der Waals surface area contributed by atoms with E-state index in [4.69, 9.17) is 9.36 Å². The average Bonchev–Trinajstić information content (AvgIpc) is 2.63. The molecule has 1 aromatic rings. The SMILES string of the molecule is CC.CC1=CC(c2onc(C)c2C)=NOC1. The van der Waals surface area contributed by atoms with E-state index in [-0.39, 0.29) is 0 Å². The predicted octanol–water partition coefficient (Wildman–Crippen LogP) is 3.00. The molecule has 0 bridgehead atoms. The van der Waals surface area contributed by atoms with Gasteiger partial charge in [0.2, 0.25) is 0 Å². The van der Waals surface area contributed by atoms with Crippen LogP contribution in [0, 0.1) is 13.8 Å². The number of nitrogens with zero attached hydrogens (tertiary/aromatic N) is 2. The molecule has 1 aliphatic heterocycles. The van der Waals surface area contributed by atoms with Crippen LogP contribution in [0.2, 0.25) is 0 Å². The lowest BCUT2D eigenvalue weighted by molar-refractivity contribution is 0.164. The number of hydrogen-bond acceptors (Lipinski definition) is 4. The van der Waals surface area contributed by atoms with Gasteiger partial charge in [-0.05, 0) is 32.4 Å². The molecule has 1 aromatic heterocycles. The van der Waals surface area contributed by atoms with E-state index in [1.807, 2.05) is 40.7 Å². The van der Waals surface area contributed by atoms with Gasteiger partial charge < -0.3 is 9.36 Å². The minimum atomic E-state index is 0.551. The molecule has 0 amide bonds. The molecular weight excluding hydrogens is 204 g/mol. The molecule has 2 rings (SSSR count). The molecular formula is C12H18N2O2. The number of aryl methyl sites for hydroxylation is 1. The lowest BCUT2D eigenvalue weighted by Gasteiger charge is -2.07. The van der Waals surface area contributed by atoms with Crippen molar-refractivity contribution in [2.45, 2.75) is 34.6 Å². The van der Waals surface area contributed by atoms with Crippen LogP contribution in [-0.2, 0) is 4.84 Å². The fourth-order valence-corrected chi connectivity index (χ4v) is 1.27. The Morgan fingerprint density at radius 3 is 2.38 bits per heavy atom. The van der Waals surface area contributed by atoms with E-state index < -0.39 is 0 Å². The molecule has 0 aliphatic carbocycles. The van der Waals surface area contributed by atoms with Crippen LogP contribution in [0.4, 0.5) is 0 Å². The van der Waals surface area contributed by atoms with Crippen molar-refractivity contribution >= 4 is 5.71 Å². The fraction of sp³-hybridized carbons (Fsp3) is 0.500. The van der Waals surface area contributed by atoms with Crippen LogP contribution < -0.4 is 0 Å². The van der Waals surface area contributed by atoms with Crippen LogP contribution in [-0.4, -0.2) is 17.5 Å². The second-order valence-corrected chi connectivity index (χ2v) is 3.46. The number of rotatable bonds is 1. The van der Waals surface area contributed by atoms with Crippen molar-refractivity contribution in [3.8, 4) is 0 Å². The summed E-state index contributed by atoms with van der Waals surface area (Å²) in [6.45, 7) is 10.4. The van der Waals surface area contributed by atoms with Crippen LogP contribution >= 0.6 is 0 Å². The Balaban J connectivity index is 0.000000606. The fourth-order valence-electron chi connectivity index (χ4n) is 1.27. The summed E-state index contributed by atoms with van der Waals surface area (Å²) in [4.78, 5) is 5.04. The summed E-state index contributed by atoms with van der Waals surface area (Å²) in [5, 5.41) is 7.81. The highest BCUT2D eigenvalue weighted by Gasteiger charge is 2.16. The third kappa shape index (κ3) is 2.51. The van der Waals surface area contributed by atoms with Gasteiger partial charge >= 0.3 is 0 Å². The van der Waals surface area contributed by atoms with Gasteiger partial charge in [-0.15, -0.1) is 0 Å². The smallest absolute Gasteiger partial charge is 0.191 e. The molecule has 0 N–H and O–H groups in total. The van der Waals surface area contributed by atoms with E-state index in [9.17, 15) is 0 Å². The first-order chi connectivity index (χ1) is 7.68. The molecule has 0 saturated carbocycles. The van der Waals surface area contributed by atoms with Crippen molar-refractivity contribution in [1.82, 2.24) is 5.16 Å². The van der Waals surface area contributed by atoms with Gasteiger partial charge in [-0.1, -0.05) is 24.2 Å². The molecule has 88 valence electrons. The number of oxime groups is 1. The lowest BCUT2D eigenvalue weighted by atomic mass is 10.1. The summed E-state index contributed by atoms with van der Waals surface area (Å²) in [7, 11) is 0. The molecule has 0 atom stereocenters. The van der Waals surface area contributed by atoms with Crippen LogP contribution in [0.25, 0.3) is 0 Å². The maximum atomic E-state index is 5.18. The van der Waals surface area contributed by atoms with E-state index in [2.05, 4.69) is 10.3 Å². The van der Waals surface area contributed by atoms with E-state index in [1.54, 1.807) is 0 Å². The van der Waals surface area contributed by atoms with Gasteiger partial charge in [0.1, 0.15) is 12.3 Å². The molecule has 0 saturated heterocycles. The largest absolute Gasteiger partial charge is 0.391 e. The molecule has 0 unspecified atom stereocenters. The van der Waals surface area contributed by atoms with Gasteiger partial charge in [0.15, 0.2) is 5.76 Å². The summed E-state index contributed by atoms with van der Waals surface area (Å²) >= 11 is 0. The minimum Gasteiger partial charge on any atom is -0.391 e. The lowest BCUT2D eigenvalue weighted by Crippen LogP contribution is -2.07. The van der Waals surface area contributed by atoms with Gasteiger partial charge in [0, 0.05) is 5.56 Å². The first-order valence-electron chi connectivity index (χ1n) is 5.49. The molecule has 16 heavy (non-hydrogen) atoms. The quantitative estimate of drug-likeness (QED) is 0.733. The number of allylic oxidation sites excluding steroid dienone is 1. The van der Waals surface area contributed by atoms with Crippen LogP contribution in [0.1, 0.15) is 37.8 Å². The first kappa shape index (κ1) is 12.5. The Labute approximate surface area is 96.0 Å². The highest BCUT2D eigenvalue weighted by molar-refractivity contribution is 6.08. The standard InChI is InChI=1S/C10H12N2O2.C2H6/c1-6-4-9(12-13-5-6)10-7(2)8(3)11-14-10;1-2/h4H,5H2,1-3H3;1-2H3. The summed E-state index contributed by atoms with van der Waals surface area (Å²) in [6.07, 6.45) is 1.95. The summed E-state index contributed by atoms with van der Waals surface area (Å²) in [5.41, 5.74) is 3.74. The molecule has 0 fully saturated rings. The molecule has 2 heterocycles. The third-order valence-corrected chi connectivity index (χ3v) is 2.23. The normalized spacial score (nSPS) is 14.3. The zero-order valence-electron chi connectivity index (χ0n) is 10.5. The zero-order chi connectivity index (χ0) is 12.1. The molecule has 4 nitrogen and oxygen atoms in total.